The van der Waals surface area contributed by atoms with Gasteiger partial charge in [0.1, 0.15) is 17.2 Å². The number of aryl methyl sites for hydroxylation is 4. The molecule has 0 saturated carbocycles. The first-order valence-corrected chi connectivity index (χ1v) is 8.87. The highest BCUT2D eigenvalue weighted by Crippen LogP contribution is 2.25. The molecule has 3 aromatic heterocycles. The molecular formula is C15H16BrN5O2S. The van der Waals surface area contributed by atoms with Gasteiger partial charge in [-0.2, -0.15) is 5.10 Å². The van der Waals surface area contributed by atoms with E-state index < -0.39 is 0 Å². The van der Waals surface area contributed by atoms with Crippen LogP contribution in [0.3, 0.4) is 0 Å². The van der Waals surface area contributed by atoms with E-state index in [1.165, 1.54) is 20.7 Å². The third kappa shape index (κ3) is 2.89. The fourth-order valence-corrected chi connectivity index (χ4v) is 3.79. The highest BCUT2D eigenvalue weighted by Gasteiger charge is 2.16. The molecule has 0 aliphatic carbocycles. The van der Waals surface area contributed by atoms with Crippen molar-refractivity contribution in [3.63, 3.8) is 0 Å². The third-order valence-electron chi connectivity index (χ3n) is 3.80. The van der Waals surface area contributed by atoms with Crippen LogP contribution in [0.1, 0.15) is 22.0 Å². The average molecular weight is 410 g/mol. The molecule has 0 aliphatic rings. The van der Waals surface area contributed by atoms with Gasteiger partial charge in [-0.05, 0) is 49.2 Å². The Hall–Kier alpha value is -2.00. The highest BCUT2D eigenvalue weighted by molar-refractivity contribution is 9.10. The standard InChI is InChI=1S/C15H16BrN5O2S/c1-7-9(3)24-14-13(7)15(23)21(10(4)17-14)19-12(22)6-20-5-11(16)8(2)18-20/h5H,6H2,1-4H3,(H,19,22). The van der Waals surface area contributed by atoms with E-state index in [0.717, 1.165) is 20.6 Å². The van der Waals surface area contributed by atoms with E-state index in [1.807, 2.05) is 20.8 Å². The average Bonchev–Trinajstić information content (AvgIpc) is 2.95. The molecule has 0 radical (unpaired) electrons. The summed E-state index contributed by atoms with van der Waals surface area (Å²) in [5.41, 5.74) is 4.06. The molecule has 0 unspecified atom stereocenters. The van der Waals surface area contributed by atoms with E-state index in [9.17, 15) is 9.59 Å². The molecule has 0 saturated heterocycles. The fraction of sp³-hybridized carbons (Fsp3) is 0.333. The lowest BCUT2D eigenvalue weighted by Gasteiger charge is -2.11. The Morgan fingerprint density at radius 1 is 1.33 bits per heavy atom. The molecule has 0 atom stereocenters. The second kappa shape index (κ2) is 6.14. The van der Waals surface area contributed by atoms with Gasteiger partial charge < -0.3 is 0 Å². The van der Waals surface area contributed by atoms with Crippen LogP contribution in [0.4, 0.5) is 0 Å². The van der Waals surface area contributed by atoms with Crippen molar-refractivity contribution in [1.29, 1.82) is 0 Å². The largest absolute Gasteiger partial charge is 0.281 e. The molecule has 9 heteroatoms. The third-order valence-corrected chi connectivity index (χ3v) is 5.68. The van der Waals surface area contributed by atoms with Crippen molar-refractivity contribution < 1.29 is 4.79 Å². The van der Waals surface area contributed by atoms with Crippen molar-refractivity contribution in [1.82, 2.24) is 19.4 Å². The maximum Gasteiger partial charge on any atom is 0.281 e. The Morgan fingerprint density at radius 2 is 2.04 bits per heavy atom. The zero-order valence-electron chi connectivity index (χ0n) is 13.7. The summed E-state index contributed by atoms with van der Waals surface area (Å²) in [7, 11) is 0. The smallest absolute Gasteiger partial charge is 0.271 e. The number of aromatic nitrogens is 4. The fourth-order valence-electron chi connectivity index (χ4n) is 2.41. The monoisotopic (exact) mass is 409 g/mol. The number of hydrogen-bond acceptors (Lipinski definition) is 5. The van der Waals surface area contributed by atoms with Crippen molar-refractivity contribution in [3.8, 4) is 0 Å². The summed E-state index contributed by atoms with van der Waals surface area (Å²) in [6, 6.07) is 0. The normalized spacial score (nSPS) is 11.2. The molecule has 1 N–H and O–H groups in total. The van der Waals surface area contributed by atoms with Crippen molar-refractivity contribution in [2.45, 2.75) is 34.2 Å². The Kier molecular flexibility index (Phi) is 4.31. The van der Waals surface area contributed by atoms with E-state index in [0.29, 0.717) is 16.0 Å². The summed E-state index contributed by atoms with van der Waals surface area (Å²) in [4.78, 5) is 31.2. The zero-order valence-corrected chi connectivity index (χ0v) is 16.1. The van der Waals surface area contributed by atoms with Gasteiger partial charge in [-0.15, -0.1) is 11.3 Å². The number of carbonyl (C=O) groups is 1. The summed E-state index contributed by atoms with van der Waals surface area (Å²) in [6.07, 6.45) is 1.72. The molecule has 24 heavy (non-hydrogen) atoms. The van der Waals surface area contributed by atoms with Gasteiger partial charge in [-0.1, -0.05) is 0 Å². The maximum atomic E-state index is 12.7. The summed E-state index contributed by atoms with van der Waals surface area (Å²) < 4.78 is 3.55. The molecule has 3 aromatic rings. The van der Waals surface area contributed by atoms with Crippen LogP contribution in [0, 0.1) is 27.7 Å². The molecule has 0 aliphatic heterocycles. The van der Waals surface area contributed by atoms with Gasteiger partial charge in [0.2, 0.25) is 0 Å². The van der Waals surface area contributed by atoms with E-state index in [4.69, 9.17) is 0 Å². The number of thiophene rings is 1. The van der Waals surface area contributed by atoms with Crippen LogP contribution in [-0.4, -0.2) is 25.3 Å². The number of rotatable bonds is 3. The topological polar surface area (TPSA) is 81.8 Å². The minimum absolute atomic E-state index is 0.0119. The lowest BCUT2D eigenvalue weighted by atomic mass is 10.2. The molecule has 3 heterocycles. The van der Waals surface area contributed by atoms with Crippen LogP contribution >= 0.6 is 27.3 Å². The van der Waals surface area contributed by atoms with Crippen molar-refractivity contribution in [2.24, 2.45) is 0 Å². The first-order chi connectivity index (χ1) is 11.3. The molecule has 0 bridgehead atoms. The number of nitrogens with zero attached hydrogens (tertiary/aromatic N) is 4. The van der Waals surface area contributed by atoms with E-state index in [1.54, 1.807) is 13.1 Å². The first-order valence-electron chi connectivity index (χ1n) is 7.26. The zero-order chi connectivity index (χ0) is 17.6. The second-order valence-electron chi connectivity index (χ2n) is 5.56. The molecule has 0 spiro atoms. The van der Waals surface area contributed by atoms with E-state index in [2.05, 4.69) is 31.4 Å². The van der Waals surface area contributed by atoms with Crippen LogP contribution in [0.2, 0.25) is 0 Å². The quantitative estimate of drug-likeness (QED) is 0.719. The SMILES string of the molecule is Cc1nn(CC(=O)Nn2c(C)nc3sc(C)c(C)c3c2=O)cc1Br. The lowest BCUT2D eigenvalue weighted by molar-refractivity contribution is -0.117. The number of hydrogen-bond donors (Lipinski definition) is 1. The summed E-state index contributed by atoms with van der Waals surface area (Å²) in [5, 5.41) is 4.77. The van der Waals surface area contributed by atoms with Gasteiger partial charge in [-0.3, -0.25) is 19.7 Å². The van der Waals surface area contributed by atoms with Gasteiger partial charge in [-0.25, -0.2) is 9.66 Å². The second-order valence-corrected chi connectivity index (χ2v) is 7.62. The molecule has 126 valence electrons. The highest BCUT2D eigenvalue weighted by atomic mass is 79.9. The number of fused-ring (bicyclic) bond motifs is 1. The Bertz CT molecular complexity index is 998. The molecule has 7 nitrogen and oxygen atoms in total. The lowest BCUT2D eigenvalue weighted by Crippen LogP contribution is -2.37. The Balaban J connectivity index is 1.93. The molecular weight excluding hydrogens is 394 g/mol. The van der Waals surface area contributed by atoms with Crippen LogP contribution in [-0.2, 0) is 11.3 Å². The summed E-state index contributed by atoms with van der Waals surface area (Å²) in [5.74, 6) is 0.0980. The van der Waals surface area contributed by atoms with Gasteiger partial charge in [0, 0.05) is 11.1 Å². The number of amides is 1. The van der Waals surface area contributed by atoms with Gasteiger partial charge in [0.15, 0.2) is 0 Å². The summed E-state index contributed by atoms with van der Waals surface area (Å²) >= 11 is 4.84. The predicted molar refractivity (Wildman–Crippen MR) is 97.1 cm³/mol. The van der Waals surface area contributed by atoms with Crippen molar-refractivity contribution in [2.75, 3.05) is 5.43 Å². The van der Waals surface area contributed by atoms with E-state index in [-0.39, 0.29) is 18.0 Å². The number of halogens is 1. The van der Waals surface area contributed by atoms with Crippen molar-refractivity contribution >= 4 is 43.4 Å². The Morgan fingerprint density at radius 3 is 2.67 bits per heavy atom. The summed E-state index contributed by atoms with van der Waals surface area (Å²) in [6.45, 7) is 7.39. The van der Waals surface area contributed by atoms with Gasteiger partial charge >= 0.3 is 0 Å². The van der Waals surface area contributed by atoms with Gasteiger partial charge in [0.25, 0.3) is 11.5 Å². The van der Waals surface area contributed by atoms with E-state index >= 15 is 0 Å². The number of nitrogens with one attached hydrogen (secondary N) is 1. The molecule has 0 aromatic carbocycles. The number of carbonyl (C=O) groups excluding carboxylic acids is 1. The van der Waals surface area contributed by atoms with Crippen LogP contribution in [0.25, 0.3) is 10.2 Å². The molecule has 1 amide bonds. The first kappa shape index (κ1) is 16.8. The van der Waals surface area contributed by atoms with Crippen molar-refractivity contribution in [3.05, 3.63) is 43.0 Å². The minimum Gasteiger partial charge on any atom is -0.271 e. The van der Waals surface area contributed by atoms with Crippen LogP contribution in [0.15, 0.2) is 15.5 Å². The van der Waals surface area contributed by atoms with Crippen LogP contribution < -0.4 is 11.0 Å². The van der Waals surface area contributed by atoms with Gasteiger partial charge in [0.05, 0.1) is 15.6 Å². The Labute approximate surface area is 150 Å². The minimum atomic E-state index is -0.346. The predicted octanol–water partition coefficient (Wildman–Crippen LogP) is 2.42. The molecule has 3 rings (SSSR count). The maximum absolute atomic E-state index is 12.7. The molecule has 0 fully saturated rings. The van der Waals surface area contributed by atoms with Crippen LogP contribution in [0.5, 0.6) is 0 Å².